The van der Waals surface area contributed by atoms with Gasteiger partial charge in [0, 0.05) is 20.0 Å². The molecule has 1 aromatic carbocycles. The normalized spacial score (nSPS) is 12.7. The van der Waals surface area contributed by atoms with E-state index in [2.05, 4.69) is 10.3 Å². The zero-order valence-electron chi connectivity index (χ0n) is 11.1. The summed E-state index contributed by atoms with van der Waals surface area (Å²) in [7, 11) is 0. The monoisotopic (exact) mass is 333 g/mol. The lowest BCUT2D eigenvalue weighted by atomic mass is 10.3. The van der Waals surface area contributed by atoms with Crippen molar-refractivity contribution in [3.8, 4) is 0 Å². The van der Waals surface area contributed by atoms with Gasteiger partial charge in [-0.3, -0.25) is 4.79 Å². The summed E-state index contributed by atoms with van der Waals surface area (Å²) in [5, 5.41) is 3.42. The molecule has 0 radical (unpaired) electrons. The summed E-state index contributed by atoms with van der Waals surface area (Å²) in [6.45, 7) is 4.40. The molecule has 1 aromatic heterocycles. The van der Waals surface area contributed by atoms with Gasteiger partial charge in [-0.2, -0.15) is 0 Å². The molecule has 1 unspecified atom stereocenters. The molecule has 20 heavy (non-hydrogen) atoms. The number of imidazole rings is 1. The molecule has 0 aliphatic rings. The number of benzene rings is 1. The van der Waals surface area contributed by atoms with Crippen LogP contribution in [0.1, 0.15) is 25.0 Å². The van der Waals surface area contributed by atoms with Crippen molar-refractivity contribution in [2.75, 3.05) is 6.54 Å². The fraction of sp³-hybridized carbons (Fsp3) is 0.385. The number of carbonyl (C=O) groups is 1. The van der Waals surface area contributed by atoms with Crippen LogP contribution in [0.2, 0.25) is 10.0 Å². The van der Waals surface area contributed by atoms with Crippen molar-refractivity contribution >= 4 is 51.7 Å². The molecule has 0 aliphatic carbocycles. The molecular formula is C13H14Cl3N3O. The number of hydrogen-bond acceptors (Lipinski definition) is 2. The fourth-order valence-electron chi connectivity index (χ4n) is 2.02. The highest BCUT2D eigenvalue weighted by atomic mass is 35.5. The first-order valence-corrected chi connectivity index (χ1v) is 7.33. The molecule has 0 aliphatic heterocycles. The number of aromatic nitrogens is 2. The molecule has 1 heterocycles. The third kappa shape index (κ3) is 3.19. The zero-order chi connectivity index (χ0) is 14.9. The average molecular weight is 335 g/mol. The van der Waals surface area contributed by atoms with E-state index in [1.54, 1.807) is 12.1 Å². The number of fused-ring (bicyclic) bond motifs is 1. The van der Waals surface area contributed by atoms with Crippen LogP contribution in [0.25, 0.3) is 11.0 Å². The highest BCUT2D eigenvalue weighted by Crippen LogP contribution is 2.30. The molecular weight excluding hydrogens is 321 g/mol. The largest absolute Gasteiger partial charge is 0.355 e. The summed E-state index contributed by atoms with van der Waals surface area (Å²) >= 11 is 18.2. The quantitative estimate of drug-likeness (QED) is 0.865. The minimum Gasteiger partial charge on any atom is -0.355 e. The first kappa shape index (κ1) is 15.4. The molecule has 2 aromatic rings. The second-order valence-electron chi connectivity index (χ2n) is 4.48. The molecule has 1 amide bonds. The van der Waals surface area contributed by atoms with Crippen molar-refractivity contribution in [2.45, 2.75) is 25.8 Å². The van der Waals surface area contributed by atoms with Crippen molar-refractivity contribution < 1.29 is 4.79 Å². The predicted molar refractivity (Wildman–Crippen MR) is 82.7 cm³/mol. The van der Waals surface area contributed by atoms with E-state index in [1.165, 1.54) is 6.92 Å². The van der Waals surface area contributed by atoms with Gasteiger partial charge in [0.25, 0.3) is 0 Å². The van der Waals surface area contributed by atoms with Gasteiger partial charge in [0.05, 0.1) is 26.5 Å². The molecule has 2 rings (SSSR count). The lowest BCUT2D eigenvalue weighted by Crippen LogP contribution is -2.25. The summed E-state index contributed by atoms with van der Waals surface area (Å²) in [5.74, 6) is 0.654. The number of hydrogen-bond donors (Lipinski definition) is 1. The number of rotatable bonds is 4. The lowest BCUT2D eigenvalue weighted by molar-refractivity contribution is -0.118. The number of nitrogens with one attached hydrogen (secondary N) is 1. The minimum absolute atomic E-state index is 0.0732. The Morgan fingerprint density at radius 1 is 1.40 bits per heavy atom. The Kier molecular flexibility index (Phi) is 4.78. The Morgan fingerprint density at radius 2 is 2.05 bits per heavy atom. The number of amides is 1. The Labute approximate surface area is 132 Å². The molecule has 0 bridgehead atoms. The maximum Gasteiger partial charge on any atom is 0.216 e. The molecule has 0 fully saturated rings. The zero-order valence-corrected chi connectivity index (χ0v) is 13.4. The third-order valence-corrected chi connectivity index (χ3v) is 3.80. The lowest BCUT2D eigenvalue weighted by Gasteiger charge is -2.11. The van der Waals surface area contributed by atoms with Crippen LogP contribution in [0.5, 0.6) is 0 Å². The van der Waals surface area contributed by atoms with Crippen LogP contribution < -0.4 is 5.32 Å². The van der Waals surface area contributed by atoms with Gasteiger partial charge in [0.15, 0.2) is 0 Å². The summed E-state index contributed by atoms with van der Waals surface area (Å²) in [5.41, 5.74) is 1.59. The van der Waals surface area contributed by atoms with Crippen LogP contribution >= 0.6 is 34.8 Å². The second-order valence-corrected chi connectivity index (χ2v) is 5.94. The van der Waals surface area contributed by atoms with E-state index in [4.69, 9.17) is 34.8 Å². The molecule has 4 nitrogen and oxygen atoms in total. The van der Waals surface area contributed by atoms with Gasteiger partial charge in [-0.15, -0.1) is 11.6 Å². The van der Waals surface area contributed by atoms with Crippen LogP contribution in [0.3, 0.4) is 0 Å². The minimum atomic E-state index is -0.253. The summed E-state index contributed by atoms with van der Waals surface area (Å²) in [6.07, 6.45) is 0. The Bertz CT molecular complexity index is 652. The van der Waals surface area contributed by atoms with E-state index in [1.807, 2.05) is 11.5 Å². The number of alkyl halides is 1. The molecule has 0 spiro atoms. The molecule has 0 saturated heterocycles. The van der Waals surface area contributed by atoms with Gasteiger partial charge >= 0.3 is 0 Å². The van der Waals surface area contributed by atoms with Crippen molar-refractivity contribution in [3.05, 3.63) is 28.0 Å². The Hall–Kier alpha value is -0.970. The van der Waals surface area contributed by atoms with Crippen LogP contribution in [0.15, 0.2) is 12.1 Å². The average Bonchev–Trinajstić information content (AvgIpc) is 2.68. The molecule has 1 atom stereocenters. The first-order valence-electron chi connectivity index (χ1n) is 6.14. The fourth-order valence-corrected chi connectivity index (χ4v) is 2.50. The Balaban J connectivity index is 2.45. The van der Waals surface area contributed by atoms with Crippen LogP contribution in [0, 0.1) is 0 Å². The maximum atomic E-state index is 11.0. The first-order chi connectivity index (χ1) is 9.40. The van der Waals surface area contributed by atoms with Crippen molar-refractivity contribution in [1.29, 1.82) is 0 Å². The van der Waals surface area contributed by atoms with Gasteiger partial charge in [-0.05, 0) is 19.1 Å². The topological polar surface area (TPSA) is 46.9 Å². The van der Waals surface area contributed by atoms with E-state index in [0.29, 0.717) is 23.1 Å². The standard InChI is InChI=1S/C13H14Cl3N3O/c1-7(14)13-18-11-5-9(15)10(16)6-12(11)19(13)4-3-17-8(2)20/h5-7H,3-4H2,1-2H3,(H,17,20). The van der Waals surface area contributed by atoms with E-state index < -0.39 is 0 Å². The van der Waals surface area contributed by atoms with E-state index in [9.17, 15) is 4.79 Å². The maximum absolute atomic E-state index is 11.0. The van der Waals surface area contributed by atoms with Crippen LogP contribution in [0.4, 0.5) is 0 Å². The summed E-state index contributed by atoms with van der Waals surface area (Å²) in [6, 6.07) is 3.49. The molecule has 108 valence electrons. The van der Waals surface area contributed by atoms with Gasteiger partial charge in [0.1, 0.15) is 5.82 Å². The highest BCUT2D eigenvalue weighted by molar-refractivity contribution is 6.42. The van der Waals surface area contributed by atoms with Gasteiger partial charge in [0.2, 0.25) is 5.91 Å². The van der Waals surface area contributed by atoms with E-state index >= 15 is 0 Å². The summed E-state index contributed by atoms with van der Waals surface area (Å²) in [4.78, 5) is 15.4. The van der Waals surface area contributed by atoms with E-state index in [-0.39, 0.29) is 11.3 Å². The van der Waals surface area contributed by atoms with Crippen molar-refractivity contribution in [3.63, 3.8) is 0 Å². The van der Waals surface area contributed by atoms with Crippen LogP contribution in [-0.2, 0) is 11.3 Å². The SMILES string of the molecule is CC(=O)NCCn1c(C(C)Cl)nc2cc(Cl)c(Cl)cc21. The van der Waals surface area contributed by atoms with E-state index in [0.717, 1.165) is 16.9 Å². The predicted octanol–water partition coefficient (Wildman–Crippen LogP) is 3.78. The highest BCUT2D eigenvalue weighted by Gasteiger charge is 2.16. The van der Waals surface area contributed by atoms with Gasteiger partial charge < -0.3 is 9.88 Å². The van der Waals surface area contributed by atoms with Gasteiger partial charge in [-0.1, -0.05) is 23.2 Å². The second kappa shape index (κ2) is 6.20. The Morgan fingerprint density at radius 3 is 2.65 bits per heavy atom. The number of halogens is 3. The van der Waals surface area contributed by atoms with Crippen LogP contribution in [-0.4, -0.2) is 22.0 Å². The van der Waals surface area contributed by atoms with Crippen molar-refractivity contribution in [1.82, 2.24) is 14.9 Å². The van der Waals surface area contributed by atoms with Gasteiger partial charge in [-0.25, -0.2) is 4.98 Å². The number of carbonyl (C=O) groups excluding carboxylic acids is 1. The summed E-state index contributed by atoms with van der Waals surface area (Å²) < 4.78 is 1.95. The third-order valence-electron chi connectivity index (χ3n) is 2.88. The molecule has 0 saturated carbocycles. The van der Waals surface area contributed by atoms with Crippen molar-refractivity contribution in [2.24, 2.45) is 0 Å². The number of nitrogens with zero attached hydrogens (tertiary/aromatic N) is 2. The smallest absolute Gasteiger partial charge is 0.216 e. The molecule has 1 N–H and O–H groups in total. The molecule has 7 heteroatoms.